The summed E-state index contributed by atoms with van der Waals surface area (Å²) in [7, 11) is 0. The van der Waals surface area contributed by atoms with Crippen LogP contribution in [0.25, 0.3) is 0 Å². The quantitative estimate of drug-likeness (QED) is 0.703. The fraction of sp³-hybridized carbons (Fsp3) is 0.545. The topological polar surface area (TPSA) is 65.1 Å². The van der Waals surface area contributed by atoms with E-state index in [0.717, 1.165) is 17.3 Å². The minimum atomic E-state index is -0.891. The predicted octanol–water partition coefficient (Wildman–Crippen LogP) is 2.54. The second-order valence-corrected chi connectivity index (χ2v) is 6.06. The van der Waals surface area contributed by atoms with Gasteiger partial charge in [-0.3, -0.25) is 0 Å². The molecule has 3 rings (SSSR count). The SMILES string of the molecule is O=C(O)c1cc2c([nH]1)SC1(CCCC1)CN2. The van der Waals surface area contributed by atoms with Gasteiger partial charge in [0.2, 0.25) is 0 Å². The number of nitrogens with one attached hydrogen (secondary N) is 2. The number of thioether (sulfide) groups is 1. The van der Waals surface area contributed by atoms with Gasteiger partial charge in [0.05, 0.1) is 10.7 Å². The maximum absolute atomic E-state index is 10.9. The number of aromatic carboxylic acids is 1. The molecule has 1 saturated carbocycles. The van der Waals surface area contributed by atoms with Gasteiger partial charge in [0.25, 0.3) is 0 Å². The molecular weight excluding hydrogens is 224 g/mol. The van der Waals surface area contributed by atoms with E-state index in [4.69, 9.17) is 5.11 Å². The van der Waals surface area contributed by atoms with E-state index in [2.05, 4.69) is 10.3 Å². The first-order valence-electron chi connectivity index (χ1n) is 5.58. The first-order valence-corrected chi connectivity index (χ1v) is 6.39. The van der Waals surface area contributed by atoms with Crippen molar-refractivity contribution in [3.05, 3.63) is 11.8 Å². The number of hydrogen-bond donors (Lipinski definition) is 3. The lowest BCUT2D eigenvalue weighted by Crippen LogP contribution is -2.33. The molecule has 2 heterocycles. The van der Waals surface area contributed by atoms with Crippen molar-refractivity contribution in [3.63, 3.8) is 0 Å². The molecule has 5 heteroatoms. The van der Waals surface area contributed by atoms with Crippen LogP contribution in [0.15, 0.2) is 11.1 Å². The molecule has 1 aromatic rings. The molecule has 0 aromatic carbocycles. The van der Waals surface area contributed by atoms with Crippen molar-refractivity contribution in [2.75, 3.05) is 11.9 Å². The molecule has 1 aliphatic heterocycles. The molecule has 0 bridgehead atoms. The van der Waals surface area contributed by atoms with Gasteiger partial charge in [0.1, 0.15) is 5.69 Å². The molecule has 1 fully saturated rings. The van der Waals surface area contributed by atoms with Crippen molar-refractivity contribution < 1.29 is 9.90 Å². The van der Waals surface area contributed by atoms with Gasteiger partial charge in [0.15, 0.2) is 0 Å². The molecule has 0 saturated heterocycles. The second-order valence-electron chi connectivity index (χ2n) is 4.58. The number of hydrogen-bond acceptors (Lipinski definition) is 3. The summed E-state index contributed by atoms with van der Waals surface area (Å²) in [4.78, 5) is 13.8. The molecule has 0 radical (unpaired) electrons. The second kappa shape index (κ2) is 3.45. The highest BCUT2D eigenvalue weighted by atomic mass is 32.2. The third kappa shape index (κ3) is 1.50. The van der Waals surface area contributed by atoms with Crippen molar-refractivity contribution in [3.8, 4) is 0 Å². The van der Waals surface area contributed by atoms with Crippen LogP contribution in [-0.2, 0) is 0 Å². The highest BCUT2D eigenvalue weighted by Crippen LogP contribution is 2.49. The van der Waals surface area contributed by atoms with E-state index in [1.807, 2.05) is 11.8 Å². The lowest BCUT2D eigenvalue weighted by atomic mass is 10.1. The summed E-state index contributed by atoms with van der Waals surface area (Å²) in [6.07, 6.45) is 5.03. The minimum Gasteiger partial charge on any atom is -0.477 e. The Morgan fingerprint density at radius 2 is 2.19 bits per heavy atom. The summed E-state index contributed by atoms with van der Waals surface area (Å²) in [5.41, 5.74) is 1.22. The number of aromatic amines is 1. The number of H-pyrrole nitrogens is 1. The Morgan fingerprint density at radius 1 is 1.44 bits per heavy atom. The molecule has 1 aliphatic carbocycles. The minimum absolute atomic E-state index is 0.278. The van der Waals surface area contributed by atoms with Crippen LogP contribution in [0.4, 0.5) is 5.69 Å². The lowest BCUT2D eigenvalue weighted by molar-refractivity contribution is 0.0691. The van der Waals surface area contributed by atoms with Gasteiger partial charge in [-0.05, 0) is 18.9 Å². The fourth-order valence-corrected chi connectivity index (χ4v) is 4.04. The zero-order valence-electron chi connectivity index (χ0n) is 8.88. The zero-order chi connectivity index (χ0) is 11.2. The number of anilines is 1. The Labute approximate surface area is 97.8 Å². The van der Waals surface area contributed by atoms with Crippen molar-refractivity contribution in [2.45, 2.75) is 35.5 Å². The Hall–Kier alpha value is -1.10. The Morgan fingerprint density at radius 3 is 2.88 bits per heavy atom. The highest BCUT2D eigenvalue weighted by Gasteiger charge is 2.39. The van der Waals surface area contributed by atoms with E-state index in [-0.39, 0.29) is 5.69 Å². The van der Waals surface area contributed by atoms with E-state index < -0.39 is 5.97 Å². The number of carboxylic acid groups (broad SMARTS) is 1. The van der Waals surface area contributed by atoms with E-state index in [9.17, 15) is 4.79 Å². The molecule has 1 aromatic heterocycles. The van der Waals surface area contributed by atoms with Gasteiger partial charge in [-0.15, -0.1) is 0 Å². The molecule has 16 heavy (non-hydrogen) atoms. The molecule has 4 nitrogen and oxygen atoms in total. The van der Waals surface area contributed by atoms with E-state index >= 15 is 0 Å². The third-order valence-electron chi connectivity index (χ3n) is 3.45. The molecule has 86 valence electrons. The maximum Gasteiger partial charge on any atom is 0.352 e. The smallest absolute Gasteiger partial charge is 0.352 e. The van der Waals surface area contributed by atoms with Crippen molar-refractivity contribution in [1.29, 1.82) is 0 Å². The van der Waals surface area contributed by atoms with Gasteiger partial charge in [-0.1, -0.05) is 24.6 Å². The normalized spacial score (nSPS) is 21.8. The lowest BCUT2D eigenvalue weighted by Gasteiger charge is -2.32. The van der Waals surface area contributed by atoms with Crippen LogP contribution >= 0.6 is 11.8 Å². The van der Waals surface area contributed by atoms with Gasteiger partial charge in [0, 0.05) is 11.3 Å². The number of carbonyl (C=O) groups is 1. The van der Waals surface area contributed by atoms with Gasteiger partial charge in [-0.2, -0.15) is 0 Å². The van der Waals surface area contributed by atoms with E-state index in [1.54, 1.807) is 6.07 Å². The maximum atomic E-state index is 10.9. The van der Waals surface area contributed by atoms with Crippen molar-refractivity contribution in [2.24, 2.45) is 0 Å². The van der Waals surface area contributed by atoms with E-state index in [0.29, 0.717) is 4.75 Å². The van der Waals surface area contributed by atoms with Crippen LogP contribution in [-0.4, -0.2) is 27.4 Å². The zero-order valence-corrected chi connectivity index (χ0v) is 9.69. The summed E-state index contributed by atoms with van der Waals surface area (Å²) in [5, 5.41) is 13.3. The number of fused-ring (bicyclic) bond motifs is 1. The molecular formula is C11H14N2O2S. The third-order valence-corrected chi connectivity index (χ3v) is 4.96. The summed E-state index contributed by atoms with van der Waals surface area (Å²) in [6.45, 7) is 0.960. The highest BCUT2D eigenvalue weighted by molar-refractivity contribution is 8.00. The monoisotopic (exact) mass is 238 g/mol. The predicted molar refractivity (Wildman–Crippen MR) is 63.3 cm³/mol. The summed E-state index contributed by atoms with van der Waals surface area (Å²) < 4.78 is 0.299. The first-order chi connectivity index (χ1) is 7.69. The summed E-state index contributed by atoms with van der Waals surface area (Å²) in [6, 6.07) is 1.69. The largest absolute Gasteiger partial charge is 0.477 e. The first kappa shape index (κ1) is 10.1. The van der Waals surface area contributed by atoms with Crippen LogP contribution in [0, 0.1) is 0 Å². The molecule has 0 amide bonds. The van der Waals surface area contributed by atoms with Crippen LogP contribution in [0.2, 0.25) is 0 Å². The molecule has 0 atom stereocenters. The van der Waals surface area contributed by atoms with Gasteiger partial charge in [-0.25, -0.2) is 4.79 Å². The molecule has 0 unspecified atom stereocenters. The average Bonchev–Trinajstić information content (AvgIpc) is 2.85. The summed E-state index contributed by atoms with van der Waals surface area (Å²) in [5.74, 6) is -0.891. The summed E-state index contributed by atoms with van der Waals surface area (Å²) >= 11 is 1.82. The number of rotatable bonds is 1. The van der Waals surface area contributed by atoms with Crippen LogP contribution in [0.1, 0.15) is 36.2 Å². The molecule has 2 aliphatic rings. The van der Waals surface area contributed by atoms with Crippen molar-refractivity contribution >= 4 is 23.4 Å². The number of carboxylic acids is 1. The average molecular weight is 238 g/mol. The van der Waals surface area contributed by atoms with Gasteiger partial charge < -0.3 is 15.4 Å². The van der Waals surface area contributed by atoms with Crippen LogP contribution in [0.3, 0.4) is 0 Å². The molecule has 3 N–H and O–H groups in total. The van der Waals surface area contributed by atoms with Crippen LogP contribution < -0.4 is 5.32 Å². The number of aromatic nitrogens is 1. The van der Waals surface area contributed by atoms with E-state index in [1.165, 1.54) is 25.7 Å². The Bertz CT molecular complexity index is 435. The van der Waals surface area contributed by atoms with Crippen LogP contribution in [0.5, 0.6) is 0 Å². The Balaban J connectivity index is 1.91. The Kier molecular flexibility index (Phi) is 2.17. The van der Waals surface area contributed by atoms with Crippen molar-refractivity contribution in [1.82, 2.24) is 4.98 Å². The molecule has 1 spiro atoms. The fourth-order valence-electron chi connectivity index (χ4n) is 2.57. The van der Waals surface area contributed by atoms with Gasteiger partial charge >= 0.3 is 5.97 Å². The standard InChI is InChI=1S/C11H14N2O2S/c14-10(15)8-5-7-9(13-8)16-11(6-12-7)3-1-2-4-11/h5,12-13H,1-4,6H2,(H,14,15).